The third-order valence-corrected chi connectivity index (χ3v) is 3.72. The van der Waals surface area contributed by atoms with Crippen LogP contribution in [-0.2, 0) is 0 Å². The minimum atomic E-state index is -0.878. The molecule has 2 aromatic heterocycles. The number of halogens is 1. The van der Waals surface area contributed by atoms with Crippen LogP contribution in [0.1, 0.15) is 0 Å². The number of amides is 1. The van der Waals surface area contributed by atoms with Gasteiger partial charge in [0.15, 0.2) is 5.65 Å². The molecular weight excluding hydrogens is 316 g/mol. The molecule has 3 rings (SSSR count). The van der Waals surface area contributed by atoms with Gasteiger partial charge in [0.05, 0.1) is 5.39 Å². The summed E-state index contributed by atoms with van der Waals surface area (Å²) in [4.78, 5) is 22.7. The summed E-state index contributed by atoms with van der Waals surface area (Å²) in [6.07, 6.45) is 0.600. The topological polar surface area (TPSA) is 98.2 Å². The Morgan fingerprint density at radius 3 is 2.74 bits per heavy atom. The smallest absolute Gasteiger partial charge is 0.407 e. The molecule has 0 unspecified atom stereocenters. The summed E-state index contributed by atoms with van der Waals surface area (Å²) in [7, 11) is 0. The molecule has 1 saturated heterocycles. The van der Waals surface area contributed by atoms with Crippen LogP contribution in [0.15, 0.2) is 10.9 Å². The molecule has 9 heteroatoms. The van der Waals surface area contributed by atoms with E-state index in [0.29, 0.717) is 36.4 Å². The first kappa shape index (κ1) is 12.2. The van der Waals surface area contributed by atoms with Crippen LogP contribution in [0.4, 0.5) is 10.6 Å². The van der Waals surface area contributed by atoms with Gasteiger partial charge in [-0.2, -0.15) is 5.10 Å². The Bertz CT molecular complexity index is 622. The van der Waals surface area contributed by atoms with E-state index in [-0.39, 0.29) is 0 Å². The van der Waals surface area contributed by atoms with Crippen LogP contribution in [0.2, 0.25) is 0 Å². The number of piperazine rings is 1. The molecule has 2 aromatic rings. The highest BCUT2D eigenvalue weighted by atomic mass is 79.9. The fraction of sp³-hybridized carbons (Fsp3) is 0.400. The van der Waals surface area contributed by atoms with E-state index in [1.807, 2.05) is 4.90 Å². The second kappa shape index (κ2) is 4.65. The molecule has 0 radical (unpaired) electrons. The summed E-state index contributed by atoms with van der Waals surface area (Å²) in [5, 5.41) is 16.6. The molecule has 0 saturated carbocycles. The Morgan fingerprint density at radius 1 is 1.32 bits per heavy atom. The van der Waals surface area contributed by atoms with Gasteiger partial charge in [0.25, 0.3) is 0 Å². The van der Waals surface area contributed by atoms with E-state index < -0.39 is 6.09 Å². The van der Waals surface area contributed by atoms with Crippen molar-refractivity contribution in [3.63, 3.8) is 0 Å². The van der Waals surface area contributed by atoms with Crippen LogP contribution in [0, 0.1) is 0 Å². The van der Waals surface area contributed by atoms with Crippen LogP contribution in [0.3, 0.4) is 0 Å². The van der Waals surface area contributed by atoms with Crippen LogP contribution < -0.4 is 4.90 Å². The van der Waals surface area contributed by atoms with Gasteiger partial charge in [-0.25, -0.2) is 14.8 Å². The molecule has 2 N–H and O–H groups in total. The Kier molecular flexibility index (Phi) is 2.97. The summed E-state index contributed by atoms with van der Waals surface area (Å²) < 4.78 is 0.666. The van der Waals surface area contributed by atoms with Crippen LogP contribution in [0.25, 0.3) is 11.0 Å². The van der Waals surface area contributed by atoms with Gasteiger partial charge in [-0.1, -0.05) is 0 Å². The number of aromatic nitrogens is 4. The molecule has 1 aliphatic heterocycles. The molecule has 1 fully saturated rings. The van der Waals surface area contributed by atoms with Crippen molar-refractivity contribution in [2.24, 2.45) is 0 Å². The summed E-state index contributed by atoms with van der Waals surface area (Å²) in [5.74, 6) is 0.774. The second-order valence-corrected chi connectivity index (χ2v) is 4.94. The first-order valence-corrected chi connectivity index (χ1v) is 6.53. The van der Waals surface area contributed by atoms with Crippen molar-refractivity contribution >= 4 is 38.9 Å². The number of fused-ring (bicyclic) bond motifs is 1. The molecule has 0 bridgehead atoms. The van der Waals surface area contributed by atoms with Gasteiger partial charge in [-0.15, -0.1) is 0 Å². The number of hydrogen-bond acceptors (Lipinski definition) is 5. The molecule has 8 nitrogen and oxygen atoms in total. The number of nitrogens with zero attached hydrogens (tertiary/aromatic N) is 5. The predicted octanol–water partition coefficient (Wildman–Crippen LogP) is 0.915. The number of anilines is 1. The van der Waals surface area contributed by atoms with Gasteiger partial charge >= 0.3 is 6.09 Å². The molecule has 19 heavy (non-hydrogen) atoms. The highest BCUT2D eigenvalue weighted by Gasteiger charge is 2.23. The molecule has 1 aliphatic rings. The number of carbonyl (C=O) groups is 1. The van der Waals surface area contributed by atoms with E-state index in [1.165, 1.54) is 11.2 Å². The van der Waals surface area contributed by atoms with Crippen molar-refractivity contribution in [3.8, 4) is 0 Å². The van der Waals surface area contributed by atoms with Gasteiger partial charge in [-0.3, -0.25) is 5.10 Å². The molecule has 0 spiro atoms. The van der Waals surface area contributed by atoms with Crippen molar-refractivity contribution in [3.05, 3.63) is 10.9 Å². The standard InChI is InChI=1S/C10H11BrN6O2/c11-7-6-8(15-14-7)12-5-13-9(6)16-1-3-17(4-2-16)10(18)19/h5H,1-4H2,(H,18,19)(H,12,13,14,15). The third-order valence-electron chi connectivity index (χ3n) is 3.14. The second-order valence-electron chi connectivity index (χ2n) is 4.19. The molecule has 0 aromatic carbocycles. The van der Waals surface area contributed by atoms with E-state index in [0.717, 1.165) is 11.2 Å². The fourth-order valence-electron chi connectivity index (χ4n) is 2.16. The summed E-state index contributed by atoms with van der Waals surface area (Å²) in [6, 6.07) is 0. The van der Waals surface area contributed by atoms with E-state index >= 15 is 0 Å². The highest BCUT2D eigenvalue weighted by Crippen LogP contribution is 2.28. The highest BCUT2D eigenvalue weighted by molar-refractivity contribution is 9.10. The zero-order valence-corrected chi connectivity index (χ0v) is 11.5. The van der Waals surface area contributed by atoms with Gasteiger partial charge in [0.1, 0.15) is 16.7 Å². The van der Waals surface area contributed by atoms with Gasteiger partial charge in [0, 0.05) is 26.2 Å². The van der Waals surface area contributed by atoms with Crippen molar-refractivity contribution < 1.29 is 9.90 Å². The van der Waals surface area contributed by atoms with Gasteiger partial charge in [-0.05, 0) is 15.9 Å². The molecular formula is C10H11BrN6O2. The Hall–Kier alpha value is -1.90. The normalized spacial score (nSPS) is 16.1. The lowest BCUT2D eigenvalue weighted by atomic mass is 10.3. The van der Waals surface area contributed by atoms with Crippen molar-refractivity contribution in [1.29, 1.82) is 0 Å². The number of hydrogen-bond donors (Lipinski definition) is 2. The minimum absolute atomic E-state index is 0.469. The maximum atomic E-state index is 10.9. The summed E-state index contributed by atoms with van der Waals surface area (Å²) >= 11 is 3.37. The quantitative estimate of drug-likeness (QED) is 0.808. The predicted molar refractivity (Wildman–Crippen MR) is 71.2 cm³/mol. The Labute approximate surface area is 116 Å². The maximum Gasteiger partial charge on any atom is 0.407 e. The average Bonchev–Trinajstić information content (AvgIpc) is 2.81. The SMILES string of the molecule is O=C(O)N1CCN(c2ncnc3[nH]nc(Br)c23)CC1. The number of H-pyrrole nitrogens is 1. The first-order valence-electron chi connectivity index (χ1n) is 5.74. The fourth-order valence-corrected chi connectivity index (χ4v) is 2.61. The number of aromatic amines is 1. The maximum absolute atomic E-state index is 10.9. The zero-order valence-electron chi connectivity index (χ0n) is 9.88. The monoisotopic (exact) mass is 326 g/mol. The molecule has 3 heterocycles. The zero-order chi connectivity index (χ0) is 13.4. The lowest BCUT2D eigenvalue weighted by Gasteiger charge is -2.33. The number of nitrogens with one attached hydrogen (secondary N) is 1. The Balaban J connectivity index is 1.90. The van der Waals surface area contributed by atoms with Crippen molar-refractivity contribution in [2.75, 3.05) is 31.1 Å². The van der Waals surface area contributed by atoms with E-state index in [1.54, 1.807) is 0 Å². The lowest BCUT2D eigenvalue weighted by Crippen LogP contribution is -2.48. The van der Waals surface area contributed by atoms with Gasteiger partial charge in [0.2, 0.25) is 0 Å². The molecule has 0 aliphatic carbocycles. The minimum Gasteiger partial charge on any atom is -0.465 e. The molecule has 100 valence electrons. The van der Waals surface area contributed by atoms with Gasteiger partial charge < -0.3 is 14.9 Å². The number of carboxylic acid groups (broad SMARTS) is 1. The van der Waals surface area contributed by atoms with E-state index in [9.17, 15) is 4.79 Å². The summed E-state index contributed by atoms with van der Waals surface area (Å²) in [6.45, 7) is 2.15. The van der Waals surface area contributed by atoms with Crippen molar-refractivity contribution in [1.82, 2.24) is 25.1 Å². The average molecular weight is 327 g/mol. The number of rotatable bonds is 1. The van der Waals surface area contributed by atoms with E-state index in [2.05, 4.69) is 36.1 Å². The van der Waals surface area contributed by atoms with Crippen LogP contribution in [-0.4, -0.2) is 62.4 Å². The van der Waals surface area contributed by atoms with Crippen LogP contribution >= 0.6 is 15.9 Å². The largest absolute Gasteiger partial charge is 0.465 e. The first-order chi connectivity index (χ1) is 9.16. The molecule has 0 atom stereocenters. The van der Waals surface area contributed by atoms with E-state index in [4.69, 9.17) is 5.11 Å². The third kappa shape index (κ3) is 2.09. The Morgan fingerprint density at radius 2 is 2.05 bits per heavy atom. The van der Waals surface area contributed by atoms with Crippen molar-refractivity contribution in [2.45, 2.75) is 0 Å². The lowest BCUT2D eigenvalue weighted by molar-refractivity contribution is 0.142. The van der Waals surface area contributed by atoms with Crippen LogP contribution in [0.5, 0.6) is 0 Å². The molecule has 1 amide bonds. The summed E-state index contributed by atoms with van der Waals surface area (Å²) in [5.41, 5.74) is 0.664.